The Morgan fingerprint density at radius 3 is 2.67 bits per heavy atom. The summed E-state index contributed by atoms with van der Waals surface area (Å²) in [6.07, 6.45) is 0. The van der Waals surface area contributed by atoms with Crippen molar-refractivity contribution in [3.63, 3.8) is 0 Å². The first-order chi connectivity index (χ1) is 8.26. The van der Waals surface area contributed by atoms with Crippen LogP contribution in [0.2, 0.25) is 0 Å². The third kappa shape index (κ3) is 3.33. The summed E-state index contributed by atoms with van der Waals surface area (Å²) < 4.78 is 18.6. The van der Waals surface area contributed by atoms with Gasteiger partial charge >= 0.3 is 5.97 Å². The van der Waals surface area contributed by atoms with Crippen LogP contribution in [0.5, 0.6) is 0 Å². The number of ether oxygens (including phenoxy) is 1. The van der Waals surface area contributed by atoms with Gasteiger partial charge in [0.1, 0.15) is 5.82 Å². The zero-order valence-corrected chi connectivity index (χ0v) is 10.6. The third-order valence-electron chi connectivity index (χ3n) is 2.35. The maximum Gasteiger partial charge on any atom is 0.338 e. The number of aromatic carboxylic acids is 1. The van der Waals surface area contributed by atoms with E-state index < -0.39 is 22.9 Å². The molecular weight excluding hydrogens is 239 g/mol. The lowest BCUT2D eigenvalue weighted by atomic mass is 10.1. The summed E-state index contributed by atoms with van der Waals surface area (Å²) >= 11 is 0. The highest BCUT2D eigenvalue weighted by Crippen LogP contribution is 2.26. The normalized spacial score (nSPS) is 11.3. The van der Waals surface area contributed by atoms with Gasteiger partial charge < -0.3 is 20.9 Å². The predicted molar refractivity (Wildman–Crippen MR) is 67.3 cm³/mol. The van der Waals surface area contributed by atoms with E-state index in [0.717, 1.165) is 12.1 Å². The molecule has 0 amide bonds. The first-order valence-electron chi connectivity index (χ1n) is 5.36. The molecule has 5 nitrogen and oxygen atoms in total. The molecule has 0 aliphatic rings. The second-order valence-electron chi connectivity index (χ2n) is 4.67. The van der Waals surface area contributed by atoms with Crippen molar-refractivity contribution in [3.8, 4) is 0 Å². The van der Waals surface area contributed by atoms with Gasteiger partial charge in [-0.1, -0.05) is 0 Å². The molecule has 100 valence electrons. The van der Waals surface area contributed by atoms with Crippen LogP contribution in [0, 0.1) is 5.82 Å². The van der Waals surface area contributed by atoms with Crippen molar-refractivity contribution < 1.29 is 19.0 Å². The smallest absolute Gasteiger partial charge is 0.338 e. The average Bonchev–Trinajstić information content (AvgIpc) is 2.21. The van der Waals surface area contributed by atoms with E-state index in [4.69, 9.17) is 15.6 Å². The molecule has 0 spiro atoms. The first kappa shape index (κ1) is 14.2. The van der Waals surface area contributed by atoms with Gasteiger partial charge in [0.2, 0.25) is 0 Å². The number of carbonyl (C=O) groups is 1. The van der Waals surface area contributed by atoms with E-state index in [1.165, 1.54) is 0 Å². The van der Waals surface area contributed by atoms with Crippen molar-refractivity contribution in [2.45, 2.75) is 19.4 Å². The minimum atomic E-state index is -1.35. The fourth-order valence-corrected chi connectivity index (χ4v) is 1.62. The molecule has 0 aliphatic carbocycles. The lowest BCUT2D eigenvalue weighted by molar-refractivity contribution is 0.0692. The van der Waals surface area contributed by atoms with Crippen LogP contribution in [-0.4, -0.2) is 30.3 Å². The fourth-order valence-electron chi connectivity index (χ4n) is 1.62. The number of halogens is 1. The van der Waals surface area contributed by atoms with Gasteiger partial charge in [0.05, 0.1) is 29.1 Å². The molecule has 1 aromatic rings. The quantitative estimate of drug-likeness (QED) is 0.701. The molecule has 0 bridgehead atoms. The molecule has 18 heavy (non-hydrogen) atoms. The van der Waals surface area contributed by atoms with E-state index in [0.29, 0.717) is 12.3 Å². The molecule has 0 saturated heterocycles. The fraction of sp³-hybridized carbons (Fsp3) is 0.417. The molecule has 4 N–H and O–H groups in total. The van der Waals surface area contributed by atoms with Crippen molar-refractivity contribution in [2.24, 2.45) is 0 Å². The summed E-state index contributed by atoms with van der Waals surface area (Å²) in [6.45, 7) is 4.12. The summed E-state index contributed by atoms with van der Waals surface area (Å²) in [5.74, 6) is -2.17. The van der Waals surface area contributed by atoms with E-state index >= 15 is 0 Å². The Bertz CT molecular complexity index is 461. The monoisotopic (exact) mass is 256 g/mol. The van der Waals surface area contributed by atoms with Gasteiger partial charge in [-0.25, -0.2) is 9.18 Å². The summed E-state index contributed by atoms with van der Waals surface area (Å²) in [5, 5.41) is 11.8. The Kier molecular flexibility index (Phi) is 4.13. The van der Waals surface area contributed by atoms with E-state index in [1.807, 2.05) is 13.8 Å². The zero-order chi connectivity index (χ0) is 13.9. The van der Waals surface area contributed by atoms with Crippen LogP contribution in [0.4, 0.5) is 15.8 Å². The van der Waals surface area contributed by atoms with Crippen LogP contribution in [-0.2, 0) is 4.74 Å². The number of methoxy groups -OCH3 is 1. The maximum absolute atomic E-state index is 13.5. The van der Waals surface area contributed by atoms with E-state index in [2.05, 4.69) is 5.32 Å². The molecule has 0 atom stereocenters. The number of rotatable bonds is 5. The number of anilines is 2. The number of benzene rings is 1. The zero-order valence-electron chi connectivity index (χ0n) is 10.6. The maximum atomic E-state index is 13.5. The van der Waals surface area contributed by atoms with Gasteiger partial charge in [-0.2, -0.15) is 0 Å². The van der Waals surface area contributed by atoms with Gasteiger partial charge in [0, 0.05) is 7.11 Å². The molecule has 0 fully saturated rings. The standard InChI is InChI=1S/C12H17FN2O3/c1-12(2,6-18-3)15-10-5-8(13)7(11(16)17)4-9(10)14/h4-5,15H,6,14H2,1-3H3,(H,16,17). The minimum Gasteiger partial charge on any atom is -0.478 e. The van der Waals surface area contributed by atoms with Crippen LogP contribution in [0.3, 0.4) is 0 Å². The molecule has 0 saturated carbocycles. The molecule has 1 rings (SSSR count). The summed E-state index contributed by atoms with van der Waals surface area (Å²) in [6, 6.07) is 2.18. The average molecular weight is 256 g/mol. The van der Waals surface area contributed by atoms with Crippen LogP contribution in [0.1, 0.15) is 24.2 Å². The highest BCUT2D eigenvalue weighted by molar-refractivity contribution is 5.90. The van der Waals surface area contributed by atoms with Gasteiger partial charge in [-0.15, -0.1) is 0 Å². The first-order valence-corrected chi connectivity index (χ1v) is 5.36. The van der Waals surface area contributed by atoms with Crippen LogP contribution in [0.15, 0.2) is 12.1 Å². The number of hydrogen-bond donors (Lipinski definition) is 3. The van der Waals surface area contributed by atoms with E-state index in [1.54, 1.807) is 7.11 Å². The summed E-state index contributed by atoms with van der Waals surface area (Å²) in [4.78, 5) is 10.7. The Labute approximate surface area is 105 Å². The molecule has 1 aromatic carbocycles. The molecule has 0 aromatic heterocycles. The number of nitrogens with two attached hydrogens (primary N) is 1. The summed E-state index contributed by atoms with van der Waals surface area (Å²) in [5.41, 5.74) is 5.34. The van der Waals surface area contributed by atoms with Gasteiger partial charge in [0.25, 0.3) is 0 Å². The number of nitrogen functional groups attached to an aromatic ring is 1. The Morgan fingerprint density at radius 1 is 1.56 bits per heavy atom. The van der Waals surface area contributed by atoms with Crippen molar-refractivity contribution >= 4 is 17.3 Å². The number of carboxylic acids is 1. The van der Waals surface area contributed by atoms with Crippen molar-refractivity contribution in [3.05, 3.63) is 23.5 Å². The topological polar surface area (TPSA) is 84.6 Å². The van der Waals surface area contributed by atoms with Gasteiger partial charge in [0.15, 0.2) is 0 Å². The van der Waals surface area contributed by atoms with Crippen molar-refractivity contribution in [2.75, 3.05) is 24.8 Å². The number of carboxylic acid groups (broad SMARTS) is 1. The van der Waals surface area contributed by atoms with Crippen LogP contribution in [0.25, 0.3) is 0 Å². The number of nitrogens with one attached hydrogen (secondary N) is 1. The Balaban J connectivity index is 3.05. The largest absolute Gasteiger partial charge is 0.478 e. The lowest BCUT2D eigenvalue weighted by Crippen LogP contribution is -2.36. The Morgan fingerprint density at radius 2 is 2.17 bits per heavy atom. The number of hydrogen-bond acceptors (Lipinski definition) is 4. The highest BCUT2D eigenvalue weighted by Gasteiger charge is 2.20. The lowest BCUT2D eigenvalue weighted by Gasteiger charge is -2.27. The SMILES string of the molecule is COCC(C)(C)Nc1cc(F)c(C(=O)O)cc1N. The van der Waals surface area contributed by atoms with E-state index in [9.17, 15) is 9.18 Å². The predicted octanol–water partition coefficient (Wildman–Crippen LogP) is 1.94. The van der Waals surface area contributed by atoms with Crippen LogP contribution >= 0.6 is 0 Å². The molecule has 0 heterocycles. The molecular formula is C12H17FN2O3. The van der Waals surface area contributed by atoms with Gasteiger partial charge in [-0.05, 0) is 26.0 Å². The third-order valence-corrected chi connectivity index (χ3v) is 2.35. The van der Waals surface area contributed by atoms with Crippen molar-refractivity contribution in [1.82, 2.24) is 0 Å². The second kappa shape index (κ2) is 5.22. The molecule has 0 radical (unpaired) electrons. The minimum absolute atomic E-state index is 0.179. The van der Waals surface area contributed by atoms with Crippen LogP contribution < -0.4 is 11.1 Å². The van der Waals surface area contributed by atoms with Gasteiger partial charge in [-0.3, -0.25) is 0 Å². The second-order valence-corrected chi connectivity index (χ2v) is 4.67. The Hall–Kier alpha value is -1.82. The molecule has 0 unspecified atom stereocenters. The van der Waals surface area contributed by atoms with E-state index in [-0.39, 0.29) is 5.69 Å². The molecule has 0 aliphatic heterocycles. The summed E-state index contributed by atoms with van der Waals surface area (Å²) in [7, 11) is 1.56. The highest BCUT2D eigenvalue weighted by atomic mass is 19.1. The van der Waals surface area contributed by atoms with Crippen molar-refractivity contribution in [1.29, 1.82) is 0 Å². The molecule has 6 heteroatoms.